The maximum atomic E-state index is 13.9. The zero-order valence-corrected chi connectivity index (χ0v) is 17.2. The third-order valence-corrected chi connectivity index (χ3v) is 4.69. The molecular formula is C22H18ClFN2O5. The highest BCUT2D eigenvalue weighted by Crippen LogP contribution is 2.20. The van der Waals surface area contributed by atoms with Crippen LogP contribution >= 0.6 is 11.6 Å². The van der Waals surface area contributed by atoms with Gasteiger partial charge in [-0.3, -0.25) is 9.59 Å². The summed E-state index contributed by atoms with van der Waals surface area (Å²) in [6, 6.07) is 13.3. The molecule has 0 unspecified atom stereocenters. The molecule has 0 spiro atoms. The Morgan fingerprint density at radius 1 is 1.10 bits per heavy atom. The van der Waals surface area contributed by atoms with Crippen LogP contribution in [0.1, 0.15) is 26.5 Å². The van der Waals surface area contributed by atoms with Gasteiger partial charge >= 0.3 is 5.97 Å². The summed E-state index contributed by atoms with van der Waals surface area (Å²) in [5.74, 6) is -2.03. The van der Waals surface area contributed by atoms with E-state index >= 15 is 0 Å². The lowest BCUT2D eigenvalue weighted by atomic mass is 10.2. The number of benzene rings is 2. The molecule has 9 heteroatoms. The van der Waals surface area contributed by atoms with Gasteiger partial charge in [-0.05, 0) is 48.5 Å². The average Bonchev–Trinajstić information content (AvgIpc) is 3.30. The Bertz CT molecular complexity index is 1060. The van der Waals surface area contributed by atoms with Crippen molar-refractivity contribution < 1.29 is 27.9 Å². The van der Waals surface area contributed by atoms with E-state index in [2.05, 4.69) is 5.32 Å². The Kier molecular flexibility index (Phi) is 7.04. The van der Waals surface area contributed by atoms with E-state index in [9.17, 15) is 18.8 Å². The average molecular weight is 445 g/mol. The topological polar surface area (TPSA) is 88.9 Å². The maximum Gasteiger partial charge on any atom is 0.338 e. The molecule has 1 aromatic heterocycles. The van der Waals surface area contributed by atoms with Crippen LogP contribution in [0.15, 0.2) is 65.3 Å². The van der Waals surface area contributed by atoms with Gasteiger partial charge in [0.25, 0.3) is 11.8 Å². The zero-order valence-electron chi connectivity index (χ0n) is 16.4. The molecule has 0 aliphatic rings. The predicted molar refractivity (Wildman–Crippen MR) is 111 cm³/mol. The van der Waals surface area contributed by atoms with Gasteiger partial charge in [-0.25, -0.2) is 9.18 Å². The number of carbonyl (C=O) groups is 3. The molecule has 0 saturated heterocycles. The minimum Gasteiger partial charge on any atom is -0.459 e. The monoisotopic (exact) mass is 444 g/mol. The van der Waals surface area contributed by atoms with E-state index in [1.165, 1.54) is 66.7 Å². The van der Waals surface area contributed by atoms with Crippen molar-refractivity contribution in [1.29, 1.82) is 0 Å². The molecule has 0 bridgehead atoms. The Hall–Kier alpha value is -3.65. The van der Waals surface area contributed by atoms with Gasteiger partial charge in [-0.2, -0.15) is 0 Å². The Balaban J connectivity index is 1.51. The number of ether oxygens (including phenoxy) is 1. The lowest BCUT2D eigenvalue weighted by molar-refractivity contribution is -0.133. The van der Waals surface area contributed by atoms with Gasteiger partial charge in [0.1, 0.15) is 5.82 Å². The summed E-state index contributed by atoms with van der Waals surface area (Å²) in [6.45, 7) is -0.579. The summed E-state index contributed by atoms with van der Waals surface area (Å²) in [6.07, 6.45) is 1.39. The minimum absolute atomic E-state index is 0.0635. The van der Waals surface area contributed by atoms with E-state index in [0.29, 0.717) is 5.69 Å². The molecule has 2 amide bonds. The van der Waals surface area contributed by atoms with Crippen molar-refractivity contribution in [2.75, 3.05) is 19.0 Å². The van der Waals surface area contributed by atoms with E-state index in [-0.39, 0.29) is 28.5 Å². The number of carbonyl (C=O) groups excluding carboxylic acids is 3. The molecule has 0 saturated carbocycles. The molecule has 31 heavy (non-hydrogen) atoms. The highest BCUT2D eigenvalue weighted by Gasteiger charge is 2.17. The highest BCUT2D eigenvalue weighted by molar-refractivity contribution is 6.31. The molecule has 2 aromatic carbocycles. The normalized spacial score (nSPS) is 10.4. The summed E-state index contributed by atoms with van der Waals surface area (Å²) in [5, 5.41) is 2.83. The van der Waals surface area contributed by atoms with Gasteiger partial charge in [0, 0.05) is 29.9 Å². The first-order valence-electron chi connectivity index (χ1n) is 9.14. The number of halogens is 2. The maximum absolute atomic E-state index is 13.9. The van der Waals surface area contributed by atoms with E-state index in [1.807, 2.05) is 0 Å². The highest BCUT2D eigenvalue weighted by atomic mass is 35.5. The molecule has 3 aromatic rings. The van der Waals surface area contributed by atoms with Gasteiger partial charge in [0.05, 0.1) is 11.8 Å². The van der Waals surface area contributed by atoms with Crippen molar-refractivity contribution in [2.45, 2.75) is 6.54 Å². The van der Waals surface area contributed by atoms with Gasteiger partial charge in [0.2, 0.25) is 0 Å². The molecular weight excluding hydrogens is 427 g/mol. The first kappa shape index (κ1) is 22.0. The second kappa shape index (κ2) is 9.90. The lowest BCUT2D eigenvalue weighted by Gasteiger charge is -2.18. The molecule has 0 fully saturated rings. The number of amides is 2. The van der Waals surface area contributed by atoms with Crippen molar-refractivity contribution in [1.82, 2.24) is 4.90 Å². The molecule has 7 nitrogen and oxygen atoms in total. The number of rotatable bonds is 7. The number of nitrogens with zero attached hydrogens (tertiary/aromatic N) is 1. The summed E-state index contributed by atoms with van der Waals surface area (Å²) >= 11 is 5.96. The summed E-state index contributed by atoms with van der Waals surface area (Å²) < 4.78 is 23.9. The van der Waals surface area contributed by atoms with Gasteiger partial charge in [0.15, 0.2) is 12.4 Å². The SMILES string of the molecule is CN(Cc1c(F)cccc1Cl)C(=O)COC(=O)c1ccc(NC(=O)c2ccco2)cc1. The number of anilines is 1. The third kappa shape index (κ3) is 5.70. The van der Waals surface area contributed by atoms with E-state index in [4.69, 9.17) is 20.8 Å². The van der Waals surface area contributed by atoms with Crippen LogP contribution in [-0.2, 0) is 16.1 Å². The van der Waals surface area contributed by atoms with Crippen molar-refractivity contribution >= 4 is 35.1 Å². The number of nitrogens with one attached hydrogen (secondary N) is 1. The van der Waals surface area contributed by atoms with Crippen molar-refractivity contribution in [3.05, 3.63) is 88.6 Å². The molecule has 1 heterocycles. The van der Waals surface area contributed by atoms with Crippen LogP contribution < -0.4 is 5.32 Å². The fourth-order valence-corrected chi connectivity index (χ4v) is 2.84. The number of likely N-dealkylation sites (N-methyl/N-ethyl adjacent to an activating group) is 1. The molecule has 1 N–H and O–H groups in total. The first-order valence-corrected chi connectivity index (χ1v) is 9.52. The van der Waals surface area contributed by atoms with E-state index in [0.717, 1.165) is 0 Å². The van der Waals surface area contributed by atoms with Gasteiger partial charge in [-0.15, -0.1) is 0 Å². The lowest BCUT2D eigenvalue weighted by Crippen LogP contribution is -2.31. The summed E-state index contributed by atoms with van der Waals surface area (Å²) in [4.78, 5) is 37.6. The summed E-state index contributed by atoms with van der Waals surface area (Å²) in [7, 11) is 1.45. The van der Waals surface area contributed by atoms with Crippen molar-refractivity contribution in [3.63, 3.8) is 0 Å². The molecule has 0 radical (unpaired) electrons. The number of hydrogen-bond acceptors (Lipinski definition) is 5. The van der Waals surface area contributed by atoms with Crippen LogP contribution in [-0.4, -0.2) is 36.3 Å². The van der Waals surface area contributed by atoms with Crippen LogP contribution in [0.3, 0.4) is 0 Å². The van der Waals surface area contributed by atoms with Crippen molar-refractivity contribution in [3.8, 4) is 0 Å². The largest absolute Gasteiger partial charge is 0.459 e. The summed E-state index contributed by atoms with van der Waals surface area (Å²) in [5.41, 5.74) is 0.831. The Labute approximate surface area is 182 Å². The van der Waals surface area contributed by atoms with Gasteiger partial charge in [-0.1, -0.05) is 17.7 Å². The van der Waals surface area contributed by atoms with Crippen LogP contribution in [0, 0.1) is 5.82 Å². The van der Waals surface area contributed by atoms with E-state index in [1.54, 1.807) is 6.07 Å². The zero-order chi connectivity index (χ0) is 22.4. The number of esters is 1. The minimum atomic E-state index is -0.713. The molecule has 3 rings (SSSR count). The second-order valence-electron chi connectivity index (χ2n) is 6.53. The van der Waals surface area contributed by atoms with E-state index < -0.39 is 30.2 Å². The van der Waals surface area contributed by atoms with Crippen LogP contribution in [0.5, 0.6) is 0 Å². The van der Waals surface area contributed by atoms with Gasteiger partial charge < -0.3 is 19.4 Å². The van der Waals surface area contributed by atoms with Crippen LogP contribution in [0.4, 0.5) is 10.1 Å². The number of hydrogen-bond donors (Lipinski definition) is 1. The first-order chi connectivity index (χ1) is 14.8. The Morgan fingerprint density at radius 3 is 2.48 bits per heavy atom. The fraction of sp³-hybridized carbons (Fsp3) is 0.136. The Morgan fingerprint density at radius 2 is 1.84 bits per heavy atom. The third-order valence-electron chi connectivity index (χ3n) is 4.33. The quantitative estimate of drug-likeness (QED) is 0.553. The molecule has 0 aliphatic carbocycles. The fourth-order valence-electron chi connectivity index (χ4n) is 2.62. The molecule has 0 atom stereocenters. The van der Waals surface area contributed by atoms with Crippen molar-refractivity contribution in [2.24, 2.45) is 0 Å². The van der Waals surface area contributed by atoms with Crippen LogP contribution in [0.25, 0.3) is 0 Å². The number of furan rings is 1. The predicted octanol–water partition coefficient (Wildman–Crippen LogP) is 4.14. The molecule has 0 aliphatic heterocycles. The molecule has 160 valence electrons. The second-order valence-corrected chi connectivity index (χ2v) is 6.94. The van der Waals surface area contributed by atoms with Crippen LogP contribution in [0.2, 0.25) is 5.02 Å². The smallest absolute Gasteiger partial charge is 0.338 e. The standard InChI is InChI=1S/C22H18ClFN2O5/c1-26(12-16-17(23)4-2-5-18(16)24)20(27)13-31-22(29)14-7-9-15(10-8-14)25-21(28)19-6-3-11-30-19/h2-11H,12-13H2,1H3,(H,25,28).